The molecule has 5 heteroatoms. The predicted molar refractivity (Wildman–Crippen MR) is 50.1 cm³/mol. The summed E-state index contributed by atoms with van der Waals surface area (Å²) in [6, 6.07) is 0. The molecule has 1 unspecified atom stereocenters. The molecule has 0 aliphatic rings. The molecule has 0 radical (unpaired) electrons. The normalized spacial score (nSPS) is 13.3. The zero-order valence-electron chi connectivity index (χ0n) is 7.61. The smallest absolute Gasteiger partial charge is 0.191 e. The van der Waals surface area contributed by atoms with E-state index in [9.17, 15) is 0 Å². The van der Waals surface area contributed by atoms with Gasteiger partial charge in [-0.25, -0.2) is 0 Å². The number of thioether (sulfide) groups is 1. The SMILES string of the molecule is Cc1nnc(SC(C)CN)n1C. The monoisotopic (exact) mass is 186 g/mol. The summed E-state index contributed by atoms with van der Waals surface area (Å²) in [5.41, 5.74) is 5.50. The van der Waals surface area contributed by atoms with E-state index in [1.165, 1.54) is 0 Å². The van der Waals surface area contributed by atoms with E-state index in [0.717, 1.165) is 11.0 Å². The van der Waals surface area contributed by atoms with Gasteiger partial charge in [0.05, 0.1) is 0 Å². The third-order valence-electron chi connectivity index (χ3n) is 1.69. The zero-order valence-corrected chi connectivity index (χ0v) is 8.43. The van der Waals surface area contributed by atoms with E-state index in [0.29, 0.717) is 11.8 Å². The lowest BCUT2D eigenvalue weighted by molar-refractivity contribution is 0.761. The van der Waals surface area contributed by atoms with Crippen molar-refractivity contribution in [2.24, 2.45) is 12.8 Å². The molecule has 68 valence electrons. The molecule has 1 heterocycles. The lowest BCUT2D eigenvalue weighted by atomic mass is 10.5. The van der Waals surface area contributed by atoms with Crippen LogP contribution in [0.2, 0.25) is 0 Å². The fraction of sp³-hybridized carbons (Fsp3) is 0.714. The minimum absolute atomic E-state index is 0.396. The van der Waals surface area contributed by atoms with Crippen LogP contribution >= 0.6 is 11.8 Å². The molecule has 0 bridgehead atoms. The van der Waals surface area contributed by atoms with Crippen molar-refractivity contribution < 1.29 is 0 Å². The fourth-order valence-corrected chi connectivity index (χ4v) is 1.55. The molecule has 2 N–H and O–H groups in total. The maximum Gasteiger partial charge on any atom is 0.191 e. The number of hydrogen-bond acceptors (Lipinski definition) is 4. The quantitative estimate of drug-likeness (QED) is 0.701. The van der Waals surface area contributed by atoms with Gasteiger partial charge in [0, 0.05) is 18.8 Å². The Balaban J connectivity index is 2.69. The van der Waals surface area contributed by atoms with E-state index in [2.05, 4.69) is 17.1 Å². The maximum absolute atomic E-state index is 5.50. The Bertz CT molecular complexity index is 258. The van der Waals surface area contributed by atoms with Crippen molar-refractivity contribution in [2.75, 3.05) is 6.54 Å². The lowest BCUT2D eigenvalue weighted by Crippen LogP contribution is -2.13. The number of nitrogens with two attached hydrogens (primary N) is 1. The van der Waals surface area contributed by atoms with Crippen LogP contribution in [0.1, 0.15) is 12.7 Å². The largest absolute Gasteiger partial charge is 0.329 e. The van der Waals surface area contributed by atoms with Gasteiger partial charge in [0.25, 0.3) is 0 Å². The molecule has 1 atom stereocenters. The molecule has 0 spiro atoms. The van der Waals surface area contributed by atoms with Crippen molar-refractivity contribution in [2.45, 2.75) is 24.3 Å². The molecule has 12 heavy (non-hydrogen) atoms. The standard InChI is InChI=1S/C7H14N4S/c1-5(4-8)12-7-10-9-6(2)11(7)3/h5H,4,8H2,1-3H3. The van der Waals surface area contributed by atoms with Gasteiger partial charge in [-0.15, -0.1) is 10.2 Å². The van der Waals surface area contributed by atoms with Crippen molar-refractivity contribution in [3.8, 4) is 0 Å². The molecule has 0 saturated carbocycles. The highest BCUT2D eigenvalue weighted by molar-refractivity contribution is 7.99. The van der Waals surface area contributed by atoms with Crippen LogP contribution in [0.4, 0.5) is 0 Å². The van der Waals surface area contributed by atoms with Crippen LogP contribution in [0, 0.1) is 6.92 Å². The first kappa shape index (κ1) is 9.54. The summed E-state index contributed by atoms with van der Waals surface area (Å²) in [5, 5.41) is 9.31. The van der Waals surface area contributed by atoms with Crippen molar-refractivity contribution >= 4 is 11.8 Å². The van der Waals surface area contributed by atoms with Crippen molar-refractivity contribution in [1.29, 1.82) is 0 Å². The highest BCUT2D eigenvalue weighted by Crippen LogP contribution is 2.19. The molecule has 1 aromatic rings. The van der Waals surface area contributed by atoms with Gasteiger partial charge in [0.1, 0.15) is 5.82 Å². The highest BCUT2D eigenvalue weighted by Gasteiger charge is 2.08. The van der Waals surface area contributed by atoms with Gasteiger partial charge in [0.15, 0.2) is 5.16 Å². The third kappa shape index (κ3) is 1.98. The van der Waals surface area contributed by atoms with Crippen LogP contribution in [0.3, 0.4) is 0 Å². The molecule has 0 aliphatic carbocycles. The average Bonchev–Trinajstić information content (AvgIpc) is 2.36. The van der Waals surface area contributed by atoms with E-state index < -0.39 is 0 Å². The average molecular weight is 186 g/mol. The Morgan fingerprint density at radius 2 is 2.25 bits per heavy atom. The Kier molecular flexibility index (Phi) is 3.11. The summed E-state index contributed by atoms with van der Waals surface area (Å²) >= 11 is 1.66. The Hall–Kier alpha value is -0.550. The minimum atomic E-state index is 0.396. The van der Waals surface area contributed by atoms with Crippen LogP contribution in [-0.4, -0.2) is 26.6 Å². The molecule has 4 nitrogen and oxygen atoms in total. The number of hydrogen-bond donors (Lipinski definition) is 1. The van der Waals surface area contributed by atoms with Gasteiger partial charge in [-0.1, -0.05) is 18.7 Å². The summed E-state index contributed by atoms with van der Waals surface area (Å²) in [6.07, 6.45) is 0. The number of aromatic nitrogens is 3. The van der Waals surface area contributed by atoms with E-state index in [1.807, 2.05) is 18.5 Å². The van der Waals surface area contributed by atoms with E-state index >= 15 is 0 Å². The molecule has 0 amide bonds. The second kappa shape index (κ2) is 3.91. The van der Waals surface area contributed by atoms with Crippen LogP contribution in [-0.2, 0) is 7.05 Å². The summed E-state index contributed by atoms with van der Waals surface area (Å²) in [7, 11) is 1.96. The Labute approximate surface area is 76.5 Å². The maximum atomic E-state index is 5.50. The van der Waals surface area contributed by atoms with Gasteiger partial charge in [-0.3, -0.25) is 0 Å². The van der Waals surface area contributed by atoms with Gasteiger partial charge < -0.3 is 10.3 Å². The Morgan fingerprint density at radius 3 is 2.67 bits per heavy atom. The zero-order chi connectivity index (χ0) is 9.14. The first-order valence-electron chi connectivity index (χ1n) is 3.88. The topological polar surface area (TPSA) is 56.7 Å². The van der Waals surface area contributed by atoms with Crippen LogP contribution in [0.5, 0.6) is 0 Å². The van der Waals surface area contributed by atoms with Crippen LogP contribution in [0.15, 0.2) is 5.16 Å². The number of aryl methyl sites for hydroxylation is 1. The number of nitrogens with zero attached hydrogens (tertiary/aromatic N) is 3. The lowest BCUT2D eigenvalue weighted by Gasteiger charge is -2.06. The summed E-state index contributed by atoms with van der Waals surface area (Å²) in [6.45, 7) is 4.68. The van der Waals surface area contributed by atoms with E-state index in [4.69, 9.17) is 5.73 Å². The molecule has 0 aromatic carbocycles. The van der Waals surface area contributed by atoms with Gasteiger partial charge in [-0.05, 0) is 6.92 Å². The molecular formula is C7H14N4S. The van der Waals surface area contributed by atoms with Gasteiger partial charge >= 0.3 is 0 Å². The van der Waals surface area contributed by atoms with E-state index in [1.54, 1.807) is 11.8 Å². The predicted octanol–water partition coefficient (Wildman–Crippen LogP) is 0.563. The second-order valence-corrected chi connectivity index (χ2v) is 4.16. The van der Waals surface area contributed by atoms with Gasteiger partial charge in [0.2, 0.25) is 0 Å². The molecule has 0 saturated heterocycles. The highest BCUT2D eigenvalue weighted by atomic mass is 32.2. The third-order valence-corrected chi connectivity index (χ3v) is 2.85. The first-order chi connectivity index (χ1) is 5.65. The first-order valence-corrected chi connectivity index (χ1v) is 4.75. The van der Waals surface area contributed by atoms with Crippen molar-refractivity contribution in [1.82, 2.24) is 14.8 Å². The van der Waals surface area contributed by atoms with Crippen molar-refractivity contribution in [3.63, 3.8) is 0 Å². The second-order valence-electron chi connectivity index (χ2n) is 2.75. The molecule has 1 aromatic heterocycles. The molecule has 0 fully saturated rings. The minimum Gasteiger partial charge on any atom is -0.329 e. The molecule has 1 rings (SSSR count). The van der Waals surface area contributed by atoms with E-state index in [-0.39, 0.29) is 0 Å². The summed E-state index contributed by atoms with van der Waals surface area (Å²) < 4.78 is 1.97. The van der Waals surface area contributed by atoms with Crippen LogP contribution < -0.4 is 5.73 Å². The van der Waals surface area contributed by atoms with Crippen molar-refractivity contribution in [3.05, 3.63) is 5.82 Å². The Morgan fingerprint density at radius 1 is 1.58 bits per heavy atom. The summed E-state index contributed by atoms with van der Waals surface area (Å²) in [4.78, 5) is 0. The van der Waals surface area contributed by atoms with Gasteiger partial charge in [-0.2, -0.15) is 0 Å². The fourth-order valence-electron chi connectivity index (χ4n) is 0.718. The van der Waals surface area contributed by atoms with Crippen LogP contribution in [0.25, 0.3) is 0 Å². The number of rotatable bonds is 3. The summed E-state index contributed by atoms with van der Waals surface area (Å²) in [5.74, 6) is 0.932. The molecular weight excluding hydrogens is 172 g/mol. The molecule has 0 aliphatic heterocycles.